The summed E-state index contributed by atoms with van der Waals surface area (Å²) in [5.74, 6) is 0. The molecule has 1 aromatic rings. The van der Waals surface area contributed by atoms with E-state index in [9.17, 15) is 0 Å². The van der Waals surface area contributed by atoms with Gasteiger partial charge in [0, 0.05) is 19.1 Å². The molecule has 2 atom stereocenters. The summed E-state index contributed by atoms with van der Waals surface area (Å²) in [6.45, 7) is 8.39. The third-order valence-electron chi connectivity index (χ3n) is 4.94. The number of rotatable bonds is 3. The minimum Gasteiger partial charge on any atom is -0.288 e. The van der Waals surface area contributed by atoms with Crippen LogP contribution in [0.25, 0.3) is 5.57 Å². The maximum absolute atomic E-state index is 2.72. The molecule has 0 spiro atoms. The van der Waals surface area contributed by atoms with Crippen molar-refractivity contribution in [3.05, 3.63) is 42.0 Å². The molecular formula is C18H26N2. The topological polar surface area (TPSA) is 6.48 Å². The molecule has 0 bridgehead atoms. The quantitative estimate of drug-likeness (QED) is 0.828. The van der Waals surface area contributed by atoms with E-state index in [4.69, 9.17) is 0 Å². The SMILES string of the molecule is C/C=C(/c1ccccc1)C(C)N1CCCN2CCCC21. The van der Waals surface area contributed by atoms with Crippen molar-refractivity contribution in [3.8, 4) is 0 Å². The highest BCUT2D eigenvalue weighted by atomic mass is 15.4. The monoisotopic (exact) mass is 270 g/mol. The van der Waals surface area contributed by atoms with Gasteiger partial charge in [-0.15, -0.1) is 0 Å². The molecule has 3 rings (SSSR count). The third-order valence-corrected chi connectivity index (χ3v) is 4.94. The van der Waals surface area contributed by atoms with E-state index in [1.807, 2.05) is 0 Å². The van der Waals surface area contributed by atoms with Crippen LogP contribution in [-0.4, -0.2) is 41.6 Å². The zero-order valence-corrected chi connectivity index (χ0v) is 12.8. The number of fused-ring (bicyclic) bond motifs is 1. The molecule has 108 valence electrons. The molecule has 2 unspecified atom stereocenters. The molecule has 20 heavy (non-hydrogen) atoms. The molecule has 0 aromatic heterocycles. The summed E-state index contributed by atoms with van der Waals surface area (Å²) in [5.41, 5.74) is 2.84. The van der Waals surface area contributed by atoms with Crippen molar-refractivity contribution in [2.45, 2.75) is 45.3 Å². The van der Waals surface area contributed by atoms with Crippen molar-refractivity contribution < 1.29 is 0 Å². The summed E-state index contributed by atoms with van der Waals surface area (Å²) in [7, 11) is 0. The van der Waals surface area contributed by atoms with E-state index >= 15 is 0 Å². The summed E-state index contributed by atoms with van der Waals surface area (Å²) >= 11 is 0. The zero-order chi connectivity index (χ0) is 13.9. The van der Waals surface area contributed by atoms with Crippen molar-refractivity contribution in [1.82, 2.24) is 9.80 Å². The summed E-state index contributed by atoms with van der Waals surface area (Å²) < 4.78 is 0. The van der Waals surface area contributed by atoms with Crippen LogP contribution >= 0.6 is 0 Å². The van der Waals surface area contributed by atoms with Crippen molar-refractivity contribution >= 4 is 5.57 Å². The van der Waals surface area contributed by atoms with Crippen molar-refractivity contribution in [2.24, 2.45) is 0 Å². The molecule has 0 aliphatic carbocycles. The van der Waals surface area contributed by atoms with Crippen LogP contribution in [0.2, 0.25) is 0 Å². The highest BCUT2D eigenvalue weighted by molar-refractivity contribution is 5.69. The first kappa shape index (κ1) is 13.8. The van der Waals surface area contributed by atoms with Gasteiger partial charge in [-0.1, -0.05) is 36.4 Å². The van der Waals surface area contributed by atoms with Crippen molar-refractivity contribution in [2.75, 3.05) is 19.6 Å². The molecule has 2 aliphatic rings. The molecule has 2 saturated heterocycles. The first-order chi connectivity index (χ1) is 9.81. The van der Waals surface area contributed by atoms with E-state index in [2.05, 4.69) is 60.1 Å². The maximum Gasteiger partial charge on any atom is 0.0628 e. The van der Waals surface area contributed by atoms with E-state index in [0.717, 1.165) is 0 Å². The second kappa shape index (κ2) is 6.11. The van der Waals surface area contributed by atoms with Gasteiger partial charge in [0.05, 0.1) is 6.17 Å². The van der Waals surface area contributed by atoms with Gasteiger partial charge in [0.2, 0.25) is 0 Å². The number of nitrogens with zero attached hydrogens (tertiary/aromatic N) is 2. The van der Waals surface area contributed by atoms with E-state index in [1.54, 1.807) is 0 Å². The minimum atomic E-state index is 0.508. The molecule has 2 heterocycles. The van der Waals surface area contributed by atoms with Crippen LogP contribution < -0.4 is 0 Å². The molecular weight excluding hydrogens is 244 g/mol. The average Bonchev–Trinajstić information content (AvgIpc) is 2.97. The van der Waals surface area contributed by atoms with Crippen LogP contribution in [-0.2, 0) is 0 Å². The largest absolute Gasteiger partial charge is 0.288 e. The lowest BCUT2D eigenvalue weighted by atomic mass is 9.96. The lowest BCUT2D eigenvalue weighted by Gasteiger charge is -2.44. The minimum absolute atomic E-state index is 0.508. The highest BCUT2D eigenvalue weighted by Crippen LogP contribution is 2.31. The Hall–Kier alpha value is -1.12. The van der Waals surface area contributed by atoms with Crippen molar-refractivity contribution in [3.63, 3.8) is 0 Å². The third kappa shape index (κ3) is 2.55. The molecule has 0 N–H and O–H groups in total. The Morgan fingerprint density at radius 3 is 2.65 bits per heavy atom. The predicted octanol–water partition coefficient (Wildman–Crippen LogP) is 3.61. The second-order valence-corrected chi connectivity index (χ2v) is 6.04. The lowest BCUT2D eigenvalue weighted by molar-refractivity contribution is 0.0226. The van der Waals surface area contributed by atoms with E-state index in [-0.39, 0.29) is 0 Å². The fourth-order valence-electron chi connectivity index (χ4n) is 3.96. The van der Waals surface area contributed by atoms with Gasteiger partial charge in [0.15, 0.2) is 0 Å². The summed E-state index contributed by atoms with van der Waals surface area (Å²) in [4.78, 5) is 5.40. The number of hydrogen-bond acceptors (Lipinski definition) is 2. The maximum atomic E-state index is 2.72. The van der Waals surface area contributed by atoms with Gasteiger partial charge in [0.1, 0.15) is 0 Å². The van der Waals surface area contributed by atoms with E-state index in [1.165, 1.54) is 50.0 Å². The first-order valence-electron chi connectivity index (χ1n) is 8.02. The molecule has 2 heteroatoms. The molecule has 0 amide bonds. The Kier molecular flexibility index (Phi) is 4.23. The summed E-state index contributed by atoms with van der Waals surface area (Å²) in [6, 6.07) is 11.4. The van der Waals surface area contributed by atoms with Gasteiger partial charge in [0.25, 0.3) is 0 Å². The summed E-state index contributed by atoms with van der Waals surface area (Å²) in [5, 5.41) is 0. The fourth-order valence-corrected chi connectivity index (χ4v) is 3.96. The average molecular weight is 270 g/mol. The molecule has 0 saturated carbocycles. The molecule has 0 radical (unpaired) electrons. The van der Waals surface area contributed by atoms with Gasteiger partial charge in [-0.25, -0.2) is 0 Å². The number of benzene rings is 1. The smallest absolute Gasteiger partial charge is 0.0628 e. The Bertz CT molecular complexity index is 466. The fraction of sp³-hybridized carbons (Fsp3) is 0.556. The second-order valence-electron chi connectivity index (χ2n) is 6.04. The van der Waals surface area contributed by atoms with Gasteiger partial charge >= 0.3 is 0 Å². The number of hydrogen-bond donors (Lipinski definition) is 0. The van der Waals surface area contributed by atoms with Gasteiger partial charge in [-0.2, -0.15) is 0 Å². The Balaban J connectivity index is 1.81. The molecule has 1 aromatic carbocycles. The lowest BCUT2D eigenvalue weighted by Crippen LogP contribution is -2.53. The van der Waals surface area contributed by atoms with E-state index in [0.29, 0.717) is 12.2 Å². The molecule has 2 aliphatic heterocycles. The van der Waals surface area contributed by atoms with Gasteiger partial charge in [-0.05, 0) is 50.8 Å². The van der Waals surface area contributed by atoms with Crippen LogP contribution in [0.5, 0.6) is 0 Å². The standard InChI is InChI=1S/C18H26N2/c1-3-17(16-9-5-4-6-10-16)15(2)20-14-8-13-19-12-7-11-18(19)20/h3-6,9-10,15,18H,7-8,11-14H2,1-2H3/b17-3+. The number of allylic oxidation sites excluding steroid dienone is 1. The zero-order valence-electron chi connectivity index (χ0n) is 12.8. The Morgan fingerprint density at radius 2 is 1.90 bits per heavy atom. The van der Waals surface area contributed by atoms with Crippen LogP contribution in [0.1, 0.15) is 38.7 Å². The van der Waals surface area contributed by atoms with Crippen LogP contribution in [0.4, 0.5) is 0 Å². The van der Waals surface area contributed by atoms with Crippen LogP contribution in [0, 0.1) is 0 Å². The van der Waals surface area contributed by atoms with Gasteiger partial charge in [-0.3, -0.25) is 9.80 Å². The highest BCUT2D eigenvalue weighted by Gasteiger charge is 2.35. The Labute approximate surface area is 123 Å². The normalized spacial score (nSPS) is 26.5. The molecule has 2 fully saturated rings. The molecule has 2 nitrogen and oxygen atoms in total. The Morgan fingerprint density at radius 1 is 1.15 bits per heavy atom. The van der Waals surface area contributed by atoms with Crippen LogP contribution in [0.3, 0.4) is 0 Å². The van der Waals surface area contributed by atoms with Gasteiger partial charge < -0.3 is 0 Å². The van der Waals surface area contributed by atoms with E-state index < -0.39 is 0 Å². The first-order valence-corrected chi connectivity index (χ1v) is 8.02. The van der Waals surface area contributed by atoms with Crippen LogP contribution in [0.15, 0.2) is 36.4 Å². The predicted molar refractivity (Wildman–Crippen MR) is 85.5 cm³/mol. The van der Waals surface area contributed by atoms with Crippen molar-refractivity contribution in [1.29, 1.82) is 0 Å². The summed E-state index contributed by atoms with van der Waals surface area (Å²) in [6.07, 6.45) is 7.00.